The van der Waals surface area contributed by atoms with Crippen molar-refractivity contribution in [1.29, 1.82) is 0 Å². The molecule has 0 radical (unpaired) electrons. The van der Waals surface area contributed by atoms with Crippen molar-refractivity contribution < 1.29 is 14.6 Å². The third-order valence-corrected chi connectivity index (χ3v) is 2.24. The summed E-state index contributed by atoms with van der Waals surface area (Å²) < 4.78 is 5.06. The van der Waals surface area contributed by atoms with Crippen LogP contribution in [0.25, 0.3) is 0 Å². The fourth-order valence-electron chi connectivity index (χ4n) is 1.20. The van der Waals surface area contributed by atoms with E-state index in [1.54, 1.807) is 18.1 Å². The predicted octanol–water partition coefficient (Wildman–Crippen LogP) is 0.808. The number of methoxy groups -OCH3 is 1. The number of amides is 1. The van der Waals surface area contributed by atoms with E-state index in [2.05, 4.69) is 6.58 Å². The maximum atomic E-state index is 11.7. The quantitative estimate of drug-likeness (QED) is 0.609. The molecular formula is C11H21NO3. The highest BCUT2D eigenvalue weighted by atomic mass is 16.5. The molecule has 1 atom stereocenters. The van der Waals surface area contributed by atoms with E-state index in [1.807, 2.05) is 6.92 Å². The Kier molecular flexibility index (Phi) is 7.95. The molecule has 0 aliphatic carbocycles. The van der Waals surface area contributed by atoms with Crippen molar-refractivity contribution in [3.8, 4) is 0 Å². The predicted molar refractivity (Wildman–Crippen MR) is 59.6 cm³/mol. The molecule has 1 N–H and O–H groups in total. The molecule has 0 spiro atoms. The van der Waals surface area contributed by atoms with Gasteiger partial charge in [0.25, 0.3) is 0 Å². The van der Waals surface area contributed by atoms with Crippen molar-refractivity contribution >= 4 is 5.91 Å². The zero-order chi connectivity index (χ0) is 11.7. The topological polar surface area (TPSA) is 49.8 Å². The lowest BCUT2D eigenvalue weighted by molar-refractivity contribution is -0.131. The molecule has 1 amide bonds. The largest absolute Gasteiger partial charge is 0.395 e. The van der Waals surface area contributed by atoms with E-state index in [1.165, 1.54) is 0 Å². The Morgan fingerprint density at radius 1 is 1.67 bits per heavy atom. The molecule has 0 bridgehead atoms. The van der Waals surface area contributed by atoms with E-state index in [4.69, 9.17) is 9.84 Å². The molecule has 88 valence electrons. The minimum Gasteiger partial charge on any atom is -0.395 e. The van der Waals surface area contributed by atoms with Crippen LogP contribution in [0, 0.1) is 0 Å². The SMILES string of the molecule is C=CCN(CCO)C(=O)CCC(C)OC. The Labute approximate surface area is 91.5 Å². The first-order valence-corrected chi connectivity index (χ1v) is 5.18. The van der Waals surface area contributed by atoms with Gasteiger partial charge in [0.05, 0.1) is 12.7 Å². The van der Waals surface area contributed by atoms with Crippen molar-refractivity contribution in [3.05, 3.63) is 12.7 Å². The molecular weight excluding hydrogens is 194 g/mol. The summed E-state index contributed by atoms with van der Waals surface area (Å²) in [7, 11) is 1.63. The molecule has 0 rings (SSSR count). The zero-order valence-electron chi connectivity index (χ0n) is 9.61. The van der Waals surface area contributed by atoms with E-state index in [0.717, 1.165) is 0 Å². The lowest BCUT2D eigenvalue weighted by Crippen LogP contribution is -2.34. The number of aliphatic hydroxyl groups is 1. The molecule has 15 heavy (non-hydrogen) atoms. The van der Waals surface area contributed by atoms with Crippen LogP contribution in [0.2, 0.25) is 0 Å². The minimum absolute atomic E-state index is 0.0145. The Hall–Kier alpha value is -0.870. The molecule has 0 aromatic heterocycles. The van der Waals surface area contributed by atoms with Crippen molar-refractivity contribution in [2.75, 3.05) is 26.8 Å². The van der Waals surface area contributed by atoms with Gasteiger partial charge in [-0.1, -0.05) is 6.08 Å². The summed E-state index contributed by atoms with van der Waals surface area (Å²) in [5.41, 5.74) is 0. The first-order valence-electron chi connectivity index (χ1n) is 5.18. The lowest BCUT2D eigenvalue weighted by Gasteiger charge is -2.20. The number of hydrogen-bond acceptors (Lipinski definition) is 3. The zero-order valence-corrected chi connectivity index (χ0v) is 9.61. The maximum Gasteiger partial charge on any atom is 0.223 e. The summed E-state index contributed by atoms with van der Waals surface area (Å²) >= 11 is 0. The highest BCUT2D eigenvalue weighted by molar-refractivity contribution is 5.76. The molecule has 4 nitrogen and oxygen atoms in total. The van der Waals surface area contributed by atoms with Crippen LogP contribution >= 0.6 is 0 Å². The molecule has 0 aromatic rings. The van der Waals surface area contributed by atoms with Crippen molar-refractivity contribution in [3.63, 3.8) is 0 Å². The van der Waals surface area contributed by atoms with Gasteiger partial charge in [-0.3, -0.25) is 4.79 Å². The molecule has 0 heterocycles. The third-order valence-electron chi connectivity index (χ3n) is 2.24. The summed E-state index contributed by atoms with van der Waals surface area (Å²) in [6.45, 7) is 6.34. The summed E-state index contributed by atoms with van der Waals surface area (Å²) in [6, 6.07) is 0. The fourth-order valence-corrected chi connectivity index (χ4v) is 1.20. The van der Waals surface area contributed by atoms with Gasteiger partial charge < -0.3 is 14.7 Å². The Morgan fingerprint density at radius 2 is 2.33 bits per heavy atom. The number of ether oxygens (including phenoxy) is 1. The molecule has 0 saturated carbocycles. The Morgan fingerprint density at radius 3 is 2.80 bits per heavy atom. The maximum absolute atomic E-state index is 11.7. The smallest absolute Gasteiger partial charge is 0.223 e. The average molecular weight is 215 g/mol. The highest BCUT2D eigenvalue weighted by Gasteiger charge is 2.12. The van der Waals surface area contributed by atoms with E-state index in [0.29, 0.717) is 25.9 Å². The first-order chi connectivity index (χ1) is 7.15. The van der Waals surface area contributed by atoms with Crippen molar-refractivity contribution in [1.82, 2.24) is 4.90 Å². The van der Waals surface area contributed by atoms with Gasteiger partial charge in [0.15, 0.2) is 0 Å². The number of carbonyl (C=O) groups excluding carboxylic acids is 1. The molecule has 0 aliphatic rings. The van der Waals surface area contributed by atoms with Crippen LogP contribution in [0.1, 0.15) is 19.8 Å². The standard InChI is InChI=1S/C11H21NO3/c1-4-7-12(8-9-13)11(14)6-5-10(2)15-3/h4,10,13H,1,5-9H2,2-3H3. The molecule has 0 aromatic carbocycles. The van der Waals surface area contributed by atoms with E-state index < -0.39 is 0 Å². The number of nitrogens with zero attached hydrogens (tertiary/aromatic N) is 1. The van der Waals surface area contributed by atoms with Crippen molar-refractivity contribution in [2.24, 2.45) is 0 Å². The monoisotopic (exact) mass is 215 g/mol. The Balaban J connectivity index is 3.95. The van der Waals surface area contributed by atoms with Gasteiger partial charge in [-0.25, -0.2) is 0 Å². The number of aliphatic hydroxyl groups excluding tert-OH is 1. The van der Waals surface area contributed by atoms with E-state index >= 15 is 0 Å². The van der Waals surface area contributed by atoms with Gasteiger partial charge in [-0.05, 0) is 13.3 Å². The summed E-state index contributed by atoms with van der Waals surface area (Å²) in [5, 5.41) is 8.78. The van der Waals surface area contributed by atoms with Gasteiger partial charge in [0.1, 0.15) is 0 Å². The highest BCUT2D eigenvalue weighted by Crippen LogP contribution is 2.03. The second kappa shape index (κ2) is 8.44. The van der Waals surface area contributed by atoms with Gasteiger partial charge >= 0.3 is 0 Å². The number of carbonyl (C=O) groups is 1. The average Bonchev–Trinajstić information content (AvgIpc) is 2.25. The Bertz CT molecular complexity index is 194. The third kappa shape index (κ3) is 6.25. The molecule has 4 heteroatoms. The van der Waals surface area contributed by atoms with Gasteiger partial charge in [-0.2, -0.15) is 0 Å². The number of rotatable bonds is 8. The molecule has 1 unspecified atom stereocenters. The summed E-state index contributed by atoms with van der Waals surface area (Å²) in [6.07, 6.45) is 2.90. The van der Waals surface area contributed by atoms with Crippen LogP contribution in [-0.4, -0.2) is 48.8 Å². The number of hydrogen-bond donors (Lipinski definition) is 1. The minimum atomic E-state index is -0.0145. The second-order valence-electron chi connectivity index (χ2n) is 3.44. The molecule has 0 saturated heterocycles. The summed E-state index contributed by atoms with van der Waals surface area (Å²) in [5.74, 6) is 0.0350. The molecule has 0 fully saturated rings. The first kappa shape index (κ1) is 14.1. The van der Waals surface area contributed by atoms with Crippen LogP contribution in [0.3, 0.4) is 0 Å². The van der Waals surface area contributed by atoms with Crippen LogP contribution in [-0.2, 0) is 9.53 Å². The van der Waals surface area contributed by atoms with Gasteiger partial charge in [0, 0.05) is 26.6 Å². The van der Waals surface area contributed by atoms with Crippen LogP contribution in [0.4, 0.5) is 0 Å². The fraction of sp³-hybridized carbons (Fsp3) is 0.727. The van der Waals surface area contributed by atoms with Crippen molar-refractivity contribution in [2.45, 2.75) is 25.9 Å². The van der Waals surface area contributed by atoms with Crippen LogP contribution < -0.4 is 0 Å². The molecule has 0 aliphatic heterocycles. The lowest BCUT2D eigenvalue weighted by atomic mass is 10.2. The van der Waals surface area contributed by atoms with E-state index in [9.17, 15) is 4.79 Å². The van der Waals surface area contributed by atoms with E-state index in [-0.39, 0.29) is 18.6 Å². The van der Waals surface area contributed by atoms with Gasteiger partial charge in [-0.15, -0.1) is 6.58 Å². The normalized spacial score (nSPS) is 12.2. The second-order valence-corrected chi connectivity index (χ2v) is 3.44. The van der Waals surface area contributed by atoms with Gasteiger partial charge in [0.2, 0.25) is 5.91 Å². The summed E-state index contributed by atoms with van der Waals surface area (Å²) in [4.78, 5) is 13.2. The van der Waals surface area contributed by atoms with Crippen LogP contribution in [0.15, 0.2) is 12.7 Å². The van der Waals surface area contributed by atoms with Crippen LogP contribution in [0.5, 0.6) is 0 Å².